The highest BCUT2D eigenvalue weighted by molar-refractivity contribution is 6.06. The van der Waals surface area contributed by atoms with Crippen LogP contribution in [0.1, 0.15) is 54.6 Å². The lowest BCUT2D eigenvalue weighted by Gasteiger charge is -2.66. The number of aliphatic carboxylic acids is 1. The van der Waals surface area contributed by atoms with E-state index in [0.29, 0.717) is 31.5 Å². The van der Waals surface area contributed by atoms with Crippen molar-refractivity contribution in [2.75, 3.05) is 6.61 Å². The summed E-state index contributed by atoms with van der Waals surface area (Å²) >= 11 is 0. The van der Waals surface area contributed by atoms with Gasteiger partial charge in [0.15, 0.2) is 0 Å². The molecule has 3 aromatic heterocycles. The molecule has 3 unspecified atom stereocenters. The fourth-order valence-corrected chi connectivity index (χ4v) is 7.39. The molecule has 9 heteroatoms. The first kappa shape index (κ1) is 25.0. The normalized spacial score (nSPS) is 24.1. The summed E-state index contributed by atoms with van der Waals surface area (Å²) in [6.07, 6.45) is 12.8. The van der Waals surface area contributed by atoms with Crippen LogP contribution in [0.5, 0.6) is 0 Å². The van der Waals surface area contributed by atoms with E-state index >= 15 is 0 Å². The van der Waals surface area contributed by atoms with Crippen molar-refractivity contribution in [3.05, 3.63) is 72.4 Å². The van der Waals surface area contributed by atoms with Crippen LogP contribution >= 0.6 is 0 Å². The molecule has 4 aromatic rings. The summed E-state index contributed by atoms with van der Waals surface area (Å²) in [6.45, 7) is 1.34. The lowest BCUT2D eigenvalue weighted by Crippen LogP contribution is -2.68. The second-order valence-electron chi connectivity index (χ2n) is 11.8. The van der Waals surface area contributed by atoms with Crippen LogP contribution in [0.2, 0.25) is 0 Å². The zero-order chi connectivity index (χ0) is 27.5. The molecule has 3 aliphatic rings. The molecule has 3 fully saturated rings. The molecule has 0 radical (unpaired) electrons. The van der Waals surface area contributed by atoms with Gasteiger partial charge in [-0.25, -0.2) is 0 Å². The Bertz CT molecular complexity index is 1600. The number of nitrogens with zero attached hydrogens (tertiary/aromatic N) is 4. The predicted molar refractivity (Wildman–Crippen MR) is 149 cm³/mol. The molecule has 3 N–H and O–H groups in total. The quantitative estimate of drug-likeness (QED) is 0.279. The summed E-state index contributed by atoms with van der Waals surface area (Å²) in [5.41, 5.74) is 4.05. The van der Waals surface area contributed by atoms with E-state index < -0.39 is 5.97 Å². The van der Waals surface area contributed by atoms with E-state index in [-0.39, 0.29) is 35.3 Å². The first-order chi connectivity index (χ1) is 19.4. The van der Waals surface area contributed by atoms with Crippen LogP contribution in [-0.2, 0) is 17.9 Å². The number of fused-ring (bicyclic) bond motifs is 2. The van der Waals surface area contributed by atoms with Gasteiger partial charge in [-0.15, -0.1) is 0 Å². The minimum Gasteiger partial charge on any atom is -0.481 e. The zero-order valence-electron chi connectivity index (χ0n) is 22.3. The second-order valence-corrected chi connectivity index (χ2v) is 11.8. The molecule has 0 saturated heterocycles. The number of hydrogen-bond acceptors (Lipinski definition) is 5. The Kier molecular flexibility index (Phi) is 5.82. The SMILES string of the molecule is O=C(NC1(C23CCC2C(C(=O)O)C3)CC1)c1cccc2ccn(Cc3ccc(-c4cnn(CCCO)c4)cn3)c12. The lowest BCUT2D eigenvalue weighted by atomic mass is 9.39. The zero-order valence-corrected chi connectivity index (χ0v) is 22.3. The number of aliphatic hydroxyl groups is 1. The third-order valence-electron chi connectivity index (χ3n) is 9.76. The maximum Gasteiger partial charge on any atom is 0.306 e. The maximum absolute atomic E-state index is 13.7. The number of aliphatic hydroxyl groups excluding tert-OH is 1. The van der Waals surface area contributed by atoms with Crippen molar-refractivity contribution in [1.29, 1.82) is 0 Å². The van der Waals surface area contributed by atoms with Crippen LogP contribution < -0.4 is 5.32 Å². The van der Waals surface area contributed by atoms with Crippen LogP contribution in [-0.4, -0.2) is 53.6 Å². The highest BCUT2D eigenvalue weighted by atomic mass is 16.4. The number of aromatic nitrogens is 4. The molecule has 3 aliphatic carbocycles. The first-order valence-electron chi connectivity index (χ1n) is 14.1. The van der Waals surface area contributed by atoms with E-state index in [2.05, 4.69) is 15.0 Å². The number of rotatable bonds is 10. The molecule has 1 amide bonds. The summed E-state index contributed by atoms with van der Waals surface area (Å²) < 4.78 is 3.90. The Labute approximate surface area is 231 Å². The highest BCUT2D eigenvalue weighted by Crippen LogP contribution is 2.74. The van der Waals surface area contributed by atoms with E-state index in [1.807, 2.05) is 65.9 Å². The molecule has 7 rings (SSSR count). The number of amides is 1. The molecule has 1 aromatic carbocycles. The third-order valence-corrected chi connectivity index (χ3v) is 9.76. The number of carbonyl (C=O) groups is 2. The van der Waals surface area contributed by atoms with Crippen molar-refractivity contribution >= 4 is 22.8 Å². The summed E-state index contributed by atoms with van der Waals surface area (Å²) in [5.74, 6) is -0.843. The van der Waals surface area contributed by atoms with Gasteiger partial charge in [0.25, 0.3) is 5.91 Å². The maximum atomic E-state index is 13.7. The molecule has 0 bridgehead atoms. The molecule has 206 valence electrons. The smallest absolute Gasteiger partial charge is 0.306 e. The van der Waals surface area contributed by atoms with Gasteiger partial charge in [0.1, 0.15) is 0 Å². The first-order valence-corrected chi connectivity index (χ1v) is 14.1. The van der Waals surface area contributed by atoms with Gasteiger partial charge in [0.2, 0.25) is 0 Å². The van der Waals surface area contributed by atoms with Crippen molar-refractivity contribution in [2.45, 2.75) is 57.2 Å². The van der Waals surface area contributed by atoms with E-state index in [1.165, 1.54) is 0 Å². The van der Waals surface area contributed by atoms with Crippen LogP contribution in [0, 0.1) is 17.3 Å². The van der Waals surface area contributed by atoms with Crippen LogP contribution in [0.3, 0.4) is 0 Å². The minimum atomic E-state index is -0.695. The average Bonchev–Trinajstić information content (AvgIpc) is 3.36. The van der Waals surface area contributed by atoms with E-state index in [4.69, 9.17) is 10.1 Å². The van der Waals surface area contributed by atoms with Crippen molar-refractivity contribution in [3.63, 3.8) is 0 Å². The highest BCUT2D eigenvalue weighted by Gasteiger charge is 2.74. The minimum absolute atomic E-state index is 0.0391. The fourth-order valence-electron chi connectivity index (χ4n) is 7.39. The summed E-state index contributed by atoms with van der Waals surface area (Å²) in [7, 11) is 0. The summed E-state index contributed by atoms with van der Waals surface area (Å²) in [4.78, 5) is 30.1. The van der Waals surface area contributed by atoms with Crippen molar-refractivity contribution in [1.82, 2.24) is 24.6 Å². The summed E-state index contributed by atoms with van der Waals surface area (Å²) in [5, 5.41) is 27.4. The molecule has 9 nitrogen and oxygen atoms in total. The van der Waals surface area contributed by atoms with Gasteiger partial charge in [-0.1, -0.05) is 18.2 Å². The van der Waals surface area contributed by atoms with Crippen LogP contribution in [0.15, 0.2) is 61.2 Å². The molecular formula is C31H33N5O4. The Morgan fingerprint density at radius 2 is 1.95 bits per heavy atom. The van der Waals surface area contributed by atoms with Gasteiger partial charge in [-0.3, -0.25) is 19.3 Å². The number of aryl methyl sites for hydroxylation is 1. The Morgan fingerprint density at radius 3 is 2.62 bits per heavy atom. The Hall–Kier alpha value is -3.98. The van der Waals surface area contributed by atoms with E-state index in [0.717, 1.165) is 53.4 Å². The molecule has 0 aliphatic heterocycles. The second kappa shape index (κ2) is 9.30. The number of carboxylic acids is 1. The number of benzene rings is 1. The molecular weight excluding hydrogens is 506 g/mol. The fraction of sp³-hybridized carbons (Fsp3) is 0.419. The van der Waals surface area contributed by atoms with Gasteiger partial charge in [0.05, 0.1) is 35.4 Å². The number of carbonyl (C=O) groups excluding carboxylic acids is 1. The predicted octanol–water partition coefficient (Wildman–Crippen LogP) is 4.09. The van der Waals surface area contributed by atoms with Crippen molar-refractivity contribution in [2.24, 2.45) is 17.3 Å². The summed E-state index contributed by atoms with van der Waals surface area (Å²) in [6, 6.07) is 11.9. The van der Waals surface area contributed by atoms with Gasteiger partial charge < -0.3 is 20.1 Å². The molecule has 3 heterocycles. The number of carboxylic acid groups (broad SMARTS) is 1. The van der Waals surface area contributed by atoms with Crippen LogP contribution in [0.4, 0.5) is 0 Å². The average molecular weight is 540 g/mol. The monoisotopic (exact) mass is 539 g/mol. The number of hydrogen-bond donors (Lipinski definition) is 3. The third kappa shape index (κ3) is 3.86. The van der Waals surface area contributed by atoms with Crippen molar-refractivity contribution < 1.29 is 19.8 Å². The van der Waals surface area contributed by atoms with E-state index in [1.54, 1.807) is 0 Å². The van der Waals surface area contributed by atoms with E-state index in [9.17, 15) is 14.7 Å². The number of pyridine rings is 1. The standard InChI is InChI=1S/C31H33N5O4/c37-14-2-12-36-18-22(17-33-36)21-5-6-23(32-16-21)19-35-13-8-20-3-1-4-24(27(20)35)28(38)34-31(10-11-31)30-9-7-26(30)25(15-30)29(39)40/h1,3-6,8,13,16-18,25-26,37H,2,7,9-12,14-15,19H2,(H,34,38)(H,39,40). The molecule has 3 saturated carbocycles. The lowest BCUT2D eigenvalue weighted by molar-refractivity contribution is -0.191. The molecule has 3 atom stereocenters. The molecule has 0 spiro atoms. The number of para-hydroxylation sites is 1. The molecule has 40 heavy (non-hydrogen) atoms. The largest absolute Gasteiger partial charge is 0.481 e. The van der Waals surface area contributed by atoms with Gasteiger partial charge in [0, 0.05) is 53.8 Å². The number of nitrogens with one attached hydrogen (secondary N) is 1. The van der Waals surface area contributed by atoms with Gasteiger partial charge in [-0.05, 0) is 68.1 Å². The van der Waals surface area contributed by atoms with Gasteiger partial charge >= 0.3 is 5.97 Å². The van der Waals surface area contributed by atoms with Crippen molar-refractivity contribution in [3.8, 4) is 11.1 Å². The Balaban J connectivity index is 1.10. The van der Waals surface area contributed by atoms with Crippen LogP contribution in [0.25, 0.3) is 22.0 Å². The van der Waals surface area contributed by atoms with Gasteiger partial charge in [-0.2, -0.15) is 5.10 Å². The topological polar surface area (TPSA) is 122 Å². The Morgan fingerprint density at radius 1 is 1.07 bits per heavy atom.